The SMILES string of the molecule is CCCCC/C=C\C/C=C\C/C=C\C/C=C\C/C=C\CCC(=O)O[C@H](COC(=O)CCCCCCCCCCCCCCCCC)COP(=O)(O)OC1[C@H](O)[C@H](O)C(O)[C@H](O)[C@H]1O. The van der Waals surface area contributed by atoms with Crippen LogP contribution in [0.15, 0.2) is 60.8 Å². The highest BCUT2D eigenvalue weighted by molar-refractivity contribution is 7.47. The van der Waals surface area contributed by atoms with Crippen molar-refractivity contribution >= 4 is 19.8 Å². The van der Waals surface area contributed by atoms with Gasteiger partial charge in [0.25, 0.3) is 0 Å². The van der Waals surface area contributed by atoms with Crippen molar-refractivity contribution in [2.45, 2.75) is 224 Å². The van der Waals surface area contributed by atoms with Gasteiger partial charge >= 0.3 is 19.8 Å². The van der Waals surface area contributed by atoms with Gasteiger partial charge in [0.05, 0.1) is 6.61 Å². The number of esters is 2. The molecule has 1 aliphatic rings. The molecule has 1 rings (SSSR count). The van der Waals surface area contributed by atoms with Crippen molar-refractivity contribution in [2.75, 3.05) is 13.2 Å². The predicted octanol–water partition coefficient (Wildman–Crippen LogP) is 9.73. The van der Waals surface area contributed by atoms with Crippen molar-refractivity contribution in [3.05, 3.63) is 60.8 Å². The first-order chi connectivity index (χ1) is 30.4. The molecule has 63 heavy (non-hydrogen) atoms. The second-order valence-electron chi connectivity index (χ2n) is 16.6. The molecule has 0 saturated heterocycles. The van der Waals surface area contributed by atoms with E-state index in [2.05, 4.69) is 56.4 Å². The zero-order valence-corrected chi connectivity index (χ0v) is 39.5. The van der Waals surface area contributed by atoms with Crippen LogP contribution in [0.2, 0.25) is 0 Å². The summed E-state index contributed by atoms with van der Waals surface area (Å²) >= 11 is 0. The molecule has 0 spiro atoms. The number of hydrogen-bond donors (Lipinski definition) is 6. The van der Waals surface area contributed by atoms with Gasteiger partial charge in [0.2, 0.25) is 0 Å². The average molecular weight is 913 g/mol. The highest BCUT2D eigenvalue weighted by Crippen LogP contribution is 2.47. The van der Waals surface area contributed by atoms with Crippen molar-refractivity contribution in [3.63, 3.8) is 0 Å². The number of carbonyl (C=O) groups excluding carboxylic acids is 2. The maximum Gasteiger partial charge on any atom is 0.472 e. The summed E-state index contributed by atoms with van der Waals surface area (Å²) < 4.78 is 33.5. The van der Waals surface area contributed by atoms with Crippen molar-refractivity contribution < 1.29 is 63.1 Å². The van der Waals surface area contributed by atoms with Gasteiger partial charge in [-0.3, -0.25) is 18.6 Å². The number of carbonyl (C=O) groups is 2. The summed E-state index contributed by atoms with van der Waals surface area (Å²) in [5, 5.41) is 50.2. The third kappa shape index (κ3) is 31.2. The molecule has 0 aromatic carbocycles. The summed E-state index contributed by atoms with van der Waals surface area (Å²) in [7, 11) is -5.14. The Morgan fingerprint density at radius 3 is 1.37 bits per heavy atom. The lowest BCUT2D eigenvalue weighted by molar-refractivity contribution is -0.220. The van der Waals surface area contributed by atoms with Gasteiger partial charge < -0.3 is 39.9 Å². The minimum atomic E-state index is -5.14. The summed E-state index contributed by atoms with van der Waals surface area (Å²) in [6.07, 6.45) is 34.3. The van der Waals surface area contributed by atoms with Crippen LogP contribution in [0.5, 0.6) is 0 Å². The van der Waals surface area contributed by atoms with E-state index in [9.17, 15) is 44.6 Å². The molecule has 0 amide bonds. The zero-order chi connectivity index (χ0) is 46.4. The minimum absolute atomic E-state index is 0.0272. The highest BCUT2D eigenvalue weighted by Gasteiger charge is 2.51. The van der Waals surface area contributed by atoms with Crippen LogP contribution < -0.4 is 0 Å². The Morgan fingerprint density at radius 2 is 0.889 bits per heavy atom. The molecule has 0 heterocycles. The molecule has 0 aromatic rings. The van der Waals surface area contributed by atoms with Gasteiger partial charge in [0, 0.05) is 12.8 Å². The topological polar surface area (TPSA) is 210 Å². The van der Waals surface area contributed by atoms with Gasteiger partial charge in [-0.25, -0.2) is 4.57 Å². The van der Waals surface area contributed by atoms with Crippen molar-refractivity contribution in [1.82, 2.24) is 0 Å². The fourth-order valence-electron chi connectivity index (χ4n) is 6.98. The Balaban J connectivity index is 2.50. The first-order valence-electron chi connectivity index (χ1n) is 24.1. The Hall–Kier alpha value is -2.45. The molecule has 0 bridgehead atoms. The lowest BCUT2D eigenvalue weighted by atomic mass is 9.85. The standard InChI is InChI=1S/C49H85O13P/c1-3-5-7-9-11-13-15-17-19-20-21-22-24-26-28-30-32-34-36-38-43(51)61-41(40-60-63(57,58)62-49-47(55)45(53)44(52)46(54)48(49)56)39-59-42(50)37-35-33-31-29-27-25-23-18-16-14-12-10-8-6-4-2/h11,13,17,19,21-22,26,28,32,34,41,44-49,52-56H,3-10,12,14-16,18,20,23-25,27,29-31,33,35-40H2,1-2H3,(H,57,58)/b13-11-,19-17-,22-21-,28-26-,34-32-/t41-,44?,45-,46+,47-,48-,49?/m1/s1. The van der Waals surface area contributed by atoms with Crippen molar-refractivity contribution in [2.24, 2.45) is 0 Å². The summed E-state index contributed by atoms with van der Waals surface area (Å²) in [6, 6.07) is 0. The third-order valence-electron chi connectivity index (χ3n) is 10.9. The van der Waals surface area contributed by atoms with Crippen molar-refractivity contribution in [3.8, 4) is 0 Å². The van der Waals surface area contributed by atoms with Crippen LogP contribution >= 0.6 is 7.82 Å². The minimum Gasteiger partial charge on any atom is -0.462 e. The first kappa shape index (κ1) is 58.6. The van der Waals surface area contributed by atoms with E-state index in [-0.39, 0.29) is 12.8 Å². The number of ether oxygens (including phenoxy) is 2. The zero-order valence-electron chi connectivity index (χ0n) is 38.6. The van der Waals surface area contributed by atoms with Gasteiger partial charge in [-0.2, -0.15) is 0 Å². The molecular formula is C49H85O13P. The molecule has 1 fully saturated rings. The fraction of sp³-hybridized carbons (Fsp3) is 0.755. The predicted molar refractivity (Wildman–Crippen MR) is 249 cm³/mol. The van der Waals surface area contributed by atoms with E-state index in [1.54, 1.807) is 0 Å². The lowest BCUT2D eigenvalue weighted by Crippen LogP contribution is -2.64. The van der Waals surface area contributed by atoms with Crippen LogP contribution in [-0.4, -0.2) is 98.3 Å². The number of phosphoric acid groups is 1. The molecule has 364 valence electrons. The smallest absolute Gasteiger partial charge is 0.462 e. The molecule has 0 radical (unpaired) electrons. The fourth-order valence-corrected chi connectivity index (χ4v) is 7.95. The lowest BCUT2D eigenvalue weighted by Gasteiger charge is -2.41. The molecule has 0 aromatic heterocycles. The van der Waals surface area contributed by atoms with Crippen LogP contribution in [0.25, 0.3) is 0 Å². The maximum absolute atomic E-state index is 12.8. The summed E-state index contributed by atoms with van der Waals surface area (Å²) in [4.78, 5) is 35.7. The Morgan fingerprint density at radius 1 is 0.492 bits per heavy atom. The molecule has 1 saturated carbocycles. The molecule has 13 nitrogen and oxygen atoms in total. The molecule has 3 unspecified atom stereocenters. The Bertz CT molecular complexity index is 1330. The van der Waals surface area contributed by atoms with Gasteiger partial charge in [-0.05, 0) is 51.4 Å². The monoisotopic (exact) mass is 913 g/mol. The van der Waals surface area contributed by atoms with Gasteiger partial charge in [-0.1, -0.05) is 177 Å². The molecule has 0 aliphatic heterocycles. The van der Waals surface area contributed by atoms with Crippen LogP contribution in [0.4, 0.5) is 0 Å². The maximum atomic E-state index is 12.8. The number of allylic oxidation sites excluding steroid dienone is 10. The normalized spacial score (nSPS) is 22.2. The van der Waals surface area contributed by atoms with E-state index in [1.807, 2.05) is 18.2 Å². The number of aliphatic hydroxyl groups excluding tert-OH is 5. The summed E-state index contributed by atoms with van der Waals surface area (Å²) in [5.74, 6) is -1.19. The number of rotatable bonds is 39. The second-order valence-corrected chi connectivity index (χ2v) is 18.0. The van der Waals surface area contributed by atoms with E-state index in [4.69, 9.17) is 18.5 Å². The Kier molecular flexibility index (Phi) is 36.1. The van der Waals surface area contributed by atoms with Crippen LogP contribution in [0, 0.1) is 0 Å². The van der Waals surface area contributed by atoms with Gasteiger partial charge in [0.15, 0.2) is 6.10 Å². The van der Waals surface area contributed by atoms with E-state index in [1.165, 1.54) is 89.9 Å². The van der Waals surface area contributed by atoms with E-state index in [0.717, 1.165) is 44.9 Å². The third-order valence-corrected chi connectivity index (χ3v) is 11.9. The summed E-state index contributed by atoms with van der Waals surface area (Å²) in [6.45, 7) is 3.22. The van der Waals surface area contributed by atoms with Crippen LogP contribution in [-0.2, 0) is 32.7 Å². The summed E-state index contributed by atoms with van der Waals surface area (Å²) in [5.41, 5.74) is 0. The van der Waals surface area contributed by atoms with Crippen LogP contribution in [0.1, 0.15) is 181 Å². The first-order valence-corrected chi connectivity index (χ1v) is 25.6. The quantitative estimate of drug-likeness (QED) is 0.0147. The number of unbranched alkanes of at least 4 members (excludes halogenated alkanes) is 17. The van der Waals surface area contributed by atoms with E-state index >= 15 is 0 Å². The second kappa shape index (κ2) is 38.8. The van der Waals surface area contributed by atoms with Gasteiger partial charge in [-0.15, -0.1) is 0 Å². The Labute approximate surface area is 379 Å². The largest absolute Gasteiger partial charge is 0.472 e. The molecule has 14 heteroatoms. The number of hydrogen-bond acceptors (Lipinski definition) is 12. The number of phosphoric ester groups is 1. The van der Waals surface area contributed by atoms with Crippen molar-refractivity contribution in [1.29, 1.82) is 0 Å². The van der Waals surface area contributed by atoms with Gasteiger partial charge in [0.1, 0.15) is 43.2 Å². The number of aliphatic hydroxyl groups is 5. The average Bonchev–Trinajstić information content (AvgIpc) is 3.26. The molecule has 8 atom stereocenters. The van der Waals surface area contributed by atoms with Crippen LogP contribution in [0.3, 0.4) is 0 Å². The highest BCUT2D eigenvalue weighted by atomic mass is 31.2. The van der Waals surface area contributed by atoms with E-state index < -0.39 is 75.7 Å². The molecular weight excluding hydrogens is 828 g/mol. The molecule has 1 aliphatic carbocycles. The molecule has 6 N–H and O–H groups in total. The van der Waals surface area contributed by atoms with E-state index in [0.29, 0.717) is 19.3 Å².